The minimum atomic E-state index is 0.211. The summed E-state index contributed by atoms with van der Waals surface area (Å²) in [5.74, 6) is 1.97. The fourth-order valence-corrected chi connectivity index (χ4v) is 6.85. The zero-order chi connectivity index (χ0) is 23.9. The Morgan fingerprint density at radius 2 is 1.97 bits per heavy atom. The first-order valence-electron chi connectivity index (χ1n) is 12.6. The van der Waals surface area contributed by atoms with Crippen molar-refractivity contribution in [3.05, 3.63) is 56.2 Å². The van der Waals surface area contributed by atoms with Gasteiger partial charge in [0.15, 0.2) is 0 Å². The number of piperidine rings is 1. The van der Waals surface area contributed by atoms with Crippen LogP contribution < -0.4 is 0 Å². The summed E-state index contributed by atoms with van der Waals surface area (Å²) in [6, 6.07) is 8.17. The van der Waals surface area contributed by atoms with E-state index in [2.05, 4.69) is 39.6 Å². The van der Waals surface area contributed by atoms with Crippen LogP contribution in [-0.2, 0) is 11.3 Å². The lowest BCUT2D eigenvalue weighted by molar-refractivity contribution is 0.0305. The second-order valence-corrected chi connectivity index (χ2v) is 11.7. The summed E-state index contributed by atoms with van der Waals surface area (Å²) in [7, 11) is 0. The predicted molar refractivity (Wildman–Crippen MR) is 143 cm³/mol. The molecule has 0 aliphatic carbocycles. The van der Waals surface area contributed by atoms with Crippen molar-refractivity contribution in [1.82, 2.24) is 9.80 Å². The van der Waals surface area contributed by atoms with Gasteiger partial charge in [-0.3, -0.25) is 4.90 Å². The molecular weight excluding hydrogens is 487 g/mol. The maximum absolute atomic E-state index is 8.94. The van der Waals surface area contributed by atoms with Crippen molar-refractivity contribution in [1.29, 1.82) is 0 Å². The summed E-state index contributed by atoms with van der Waals surface area (Å²) < 4.78 is 5.86. The molecule has 2 saturated heterocycles. The van der Waals surface area contributed by atoms with E-state index >= 15 is 0 Å². The van der Waals surface area contributed by atoms with E-state index < -0.39 is 0 Å². The van der Waals surface area contributed by atoms with Crippen molar-refractivity contribution in [2.45, 2.75) is 51.2 Å². The molecule has 1 aromatic carbocycles. The van der Waals surface area contributed by atoms with Gasteiger partial charge in [0.1, 0.15) is 0 Å². The molecule has 2 aromatic rings. The van der Waals surface area contributed by atoms with Gasteiger partial charge in [-0.15, -0.1) is 0 Å². The topological polar surface area (TPSA) is 35.9 Å². The molecule has 2 aliphatic rings. The van der Waals surface area contributed by atoms with Gasteiger partial charge in [-0.1, -0.05) is 29.3 Å². The molecule has 34 heavy (non-hydrogen) atoms. The van der Waals surface area contributed by atoms with Crippen LogP contribution in [0.15, 0.2) is 35.0 Å². The fourth-order valence-electron chi connectivity index (χ4n) is 5.65. The van der Waals surface area contributed by atoms with E-state index in [4.69, 9.17) is 33.0 Å². The zero-order valence-electron chi connectivity index (χ0n) is 20.2. The molecule has 0 radical (unpaired) electrons. The molecular formula is C27H38Cl2N2O2S. The van der Waals surface area contributed by atoms with Gasteiger partial charge in [0, 0.05) is 55.4 Å². The number of nitrogens with zero attached hydrogens (tertiary/aromatic N) is 2. The highest BCUT2D eigenvalue weighted by Crippen LogP contribution is 2.37. The fraction of sp³-hybridized carbons (Fsp3) is 0.630. The number of benzene rings is 1. The van der Waals surface area contributed by atoms with Crippen molar-refractivity contribution in [3.63, 3.8) is 0 Å². The van der Waals surface area contributed by atoms with Gasteiger partial charge >= 0.3 is 0 Å². The van der Waals surface area contributed by atoms with Crippen LogP contribution in [0.1, 0.15) is 49.7 Å². The molecule has 1 aromatic heterocycles. The molecule has 2 aliphatic heterocycles. The monoisotopic (exact) mass is 524 g/mol. The maximum Gasteiger partial charge on any atom is 0.0549 e. The molecule has 0 saturated carbocycles. The smallest absolute Gasteiger partial charge is 0.0549 e. The first-order valence-corrected chi connectivity index (χ1v) is 14.3. The van der Waals surface area contributed by atoms with Crippen molar-refractivity contribution < 1.29 is 9.84 Å². The third-order valence-electron chi connectivity index (χ3n) is 7.47. The van der Waals surface area contributed by atoms with Gasteiger partial charge in [-0.25, -0.2) is 0 Å². The van der Waals surface area contributed by atoms with Crippen LogP contribution in [0.4, 0.5) is 0 Å². The van der Waals surface area contributed by atoms with Crippen molar-refractivity contribution in [2.75, 3.05) is 45.9 Å². The van der Waals surface area contributed by atoms with Crippen LogP contribution >= 0.6 is 34.5 Å². The summed E-state index contributed by atoms with van der Waals surface area (Å²) >= 11 is 14.4. The summed E-state index contributed by atoms with van der Waals surface area (Å²) in [4.78, 5) is 5.26. The van der Waals surface area contributed by atoms with Crippen LogP contribution in [0.3, 0.4) is 0 Å². The summed E-state index contributed by atoms with van der Waals surface area (Å²) in [6.45, 7) is 9.66. The molecule has 3 atom stereocenters. The van der Waals surface area contributed by atoms with Gasteiger partial charge in [0.05, 0.1) is 6.10 Å². The van der Waals surface area contributed by atoms with Gasteiger partial charge in [-0.2, -0.15) is 11.3 Å². The molecule has 7 heteroatoms. The number of hydrogen-bond acceptors (Lipinski definition) is 5. The van der Waals surface area contributed by atoms with E-state index in [1.54, 1.807) is 11.3 Å². The molecule has 0 amide bonds. The molecule has 188 valence electrons. The van der Waals surface area contributed by atoms with Gasteiger partial charge < -0.3 is 14.7 Å². The third kappa shape index (κ3) is 7.42. The van der Waals surface area contributed by atoms with Crippen LogP contribution in [0.5, 0.6) is 0 Å². The first-order chi connectivity index (χ1) is 16.5. The molecule has 4 nitrogen and oxygen atoms in total. The van der Waals surface area contributed by atoms with E-state index in [1.807, 2.05) is 12.1 Å². The van der Waals surface area contributed by atoms with E-state index in [-0.39, 0.29) is 12.7 Å². The molecule has 2 unspecified atom stereocenters. The Hall–Kier alpha value is -0.660. The van der Waals surface area contributed by atoms with Crippen LogP contribution in [0.2, 0.25) is 10.0 Å². The third-order valence-corrected chi connectivity index (χ3v) is 8.76. The van der Waals surface area contributed by atoms with Crippen molar-refractivity contribution >= 4 is 34.5 Å². The summed E-state index contributed by atoms with van der Waals surface area (Å²) in [5, 5.41) is 14.9. The lowest BCUT2D eigenvalue weighted by Crippen LogP contribution is -2.39. The molecule has 3 heterocycles. The van der Waals surface area contributed by atoms with Gasteiger partial charge in [0.25, 0.3) is 0 Å². The average Bonchev–Trinajstić information content (AvgIpc) is 3.47. The van der Waals surface area contributed by atoms with E-state index in [0.29, 0.717) is 23.5 Å². The minimum Gasteiger partial charge on any atom is -0.396 e. The van der Waals surface area contributed by atoms with E-state index in [1.165, 1.54) is 38.0 Å². The number of hydrogen-bond donors (Lipinski definition) is 1. The Kier molecular flexibility index (Phi) is 10.1. The number of thiophene rings is 1. The Labute approximate surface area is 218 Å². The number of rotatable bonds is 11. The molecule has 0 spiro atoms. The largest absolute Gasteiger partial charge is 0.396 e. The quantitative estimate of drug-likeness (QED) is 0.357. The molecule has 4 rings (SSSR count). The molecule has 0 bridgehead atoms. The van der Waals surface area contributed by atoms with Crippen LogP contribution in [-0.4, -0.2) is 66.9 Å². The SMILES string of the molecule is CC(CC1CCN(CC2CN(Cc3ccc(Cl)cc3Cl)C[C@@H]2c2ccsc2)CC1)OCCCO. The van der Waals surface area contributed by atoms with Gasteiger partial charge in [-0.05, 0) is 97.6 Å². The Balaban J connectivity index is 1.30. The first kappa shape index (κ1) is 26.4. The number of likely N-dealkylation sites (tertiary alicyclic amines) is 2. The summed E-state index contributed by atoms with van der Waals surface area (Å²) in [6.07, 6.45) is 4.67. The second kappa shape index (κ2) is 13.0. The highest BCUT2D eigenvalue weighted by Gasteiger charge is 2.36. The Morgan fingerprint density at radius 1 is 1.15 bits per heavy atom. The molecule has 2 fully saturated rings. The van der Waals surface area contributed by atoms with Crippen LogP contribution in [0.25, 0.3) is 0 Å². The maximum atomic E-state index is 8.94. The number of halogens is 2. The highest BCUT2D eigenvalue weighted by atomic mass is 35.5. The Bertz CT molecular complexity index is 874. The van der Waals surface area contributed by atoms with Crippen molar-refractivity contribution in [3.8, 4) is 0 Å². The zero-order valence-corrected chi connectivity index (χ0v) is 22.5. The van der Waals surface area contributed by atoms with Crippen molar-refractivity contribution in [2.24, 2.45) is 11.8 Å². The Morgan fingerprint density at radius 3 is 2.68 bits per heavy atom. The second-order valence-electron chi connectivity index (χ2n) is 10.1. The predicted octanol–water partition coefficient (Wildman–Crippen LogP) is 6.16. The average molecular weight is 526 g/mol. The minimum absolute atomic E-state index is 0.211. The van der Waals surface area contributed by atoms with Gasteiger partial charge in [0.2, 0.25) is 0 Å². The van der Waals surface area contributed by atoms with E-state index in [9.17, 15) is 0 Å². The van der Waals surface area contributed by atoms with E-state index in [0.717, 1.165) is 49.0 Å². The van der Waals surface area contributed by atoms with Crippen LogP contribution in [0, 0.1) is 11.8 Å². The lowest BCUT2D eigenvalue weighted by atomic mass is 9.88. The number of aliphatic hydroxyl groups excluding tert-OH is 1. The number of ether oxygens (including phenoxy) is 1. The standard InChI is InChI=1S/C27H38Cl2N2O2S/c1-20(33-11-2-10-32)13-21-5-8-30(9-6-21)16-24-17-31(18-26(24)23-7-12-34-19-23)15-22-3-4-25(28)14-27(22)29/h3-4,7,12,14,19-21,24,26,32H,2,5-6,8-11,13,15-18H2,1H3/t20?,24?,26-/m1/s1. The normalized spacial score (nSPS) is 23.5. The number of aliphatic hydroxyl groups is 1. The highest BCUT2D eigenvalue weighted by molar-refractivity contribution is 7.08. The molecule has 1 N–H and O–H groups in total. The lowest BCUT2D eigenvalue weighted by Gasteiger charge is -2.35. The summed E-state index contributed by atoms with van der Waals surface area (Å²) in [5.41, 5.74) is 2.65.